The van der Waals surface area contributed by atoms with Crippen molar-refractivity contribution in [2.24, 2.45) is 0 Å². The summed E-state index contributed by atoms with van der Waals surface area (Å²) in [6, 6.07) is 9.18. The summed E-state index contributed by atoms with van der Waals surface area (Å²) in [7, 11) is -7.14. The Kier molecular flexibility index (Phi) is 4.82. The maximum atomic E-state index is 12.1. The van der Waals surface area contributed by atoms with E-state index in [2.05, 4.69) is 4.72 Å². The van der Waals surface area contributed by atoms with Crippen molar-refractivity contribution in [3.05, 3.63) is 46.7 Å². The molecule has 1 aromatic carbocycles. The van der Waals surface area contributed by atoms with Gasteiger partial charge in [-0.2, -0.15) is 0 Å². The van der Waals surface area contributed by atoms with Gasteiger partial charge in [0.15, 0.2) is 9.84 Å². The average Bonchev–Trinajstić information content (AvgIpc) is 2.91. The lowest BCUT2D eigenvalue weighted by Crippen LogP contribution is -2.26. The number of thiophene rings is 1. The van der Waals surface area contributed by atoms with Crippen molar-refractivity contribution < 1.29 is 16.8 Å². The Balaban J connectivity index is 2.12. The highest BCUT2D eigenvalue weighted by Gasteiger charge is 2.16. The molecule has 0 aliphatic heterocycles. The van der Waals surface area contributed by atoms with Gasteiger partial charge in [0.2, 0.25) is 10.0 Å². The fourth-order valence-corrected chi connectivity index (χ4v) is 4.25. The van der Waals surface area contributed by atoms with Gasteiger partial charge in [-0.1, -0.05) is 12.1 Å². The molecule has 0 amide bonds. The lowest BCUT2D eigenvalue weighted by molar-refractivity contribution is 0.581. The molecule has 0 bridgehead atoms. The first kappa shape index (κ1) is 16.2. The first-order valence-corrected chi connectivity index (χ1v) is 10.4. The monoisotopic (exact) mass is 345 g/mol. The Labute approximate surface area is 128 Å². The van der Waals surface area contributed by atoms with Gasteiger partial charge in [0.1, 0.15) is 0 Å². The Bertz CT molecular complexity index is 809. The van der Waals surface area contributed by atoms with Crippen LogP contribution in [0.4, 0.5) is 0 Å². The standard InChI is InChI=1S/C13H15NO4S3/c1-20(15,16)12-5-2-6-13(10-12)21(17,18)14-8-7-11-4-3-9-19-11/h2-6,9-10,14H,7-8H2,1H3. The smallest absolute Gasteiger partial charge is 0.224 e. The van der Waals surface area contributed by atoms with Gasteiger partial charge in [0.25, 0.3) is 0 Å². The molecule has 0 fully saturated rings. The van der Waals surface area contributed by atoms with Crippen LogP contribution < -0.4 is 4.72 Å². The van der Waals surface area contributed by atoms with Gasteiger partial charge in [-0.05, 0) is 36.1 Å². The quantitative estimate of drug-likeness (QED) is 0.864. The number of rotatable bonds is 6. The zero-order valence-electron chi connectivity index (χ0n) is 11.3. The van der Waals surface area contributed by atoms with Crippen LogP contribution >= 0.6 is 11.3 Å². The predicted molar refractivity (Wildman–Crippen MR) is 82.8 cm³/mol. The summed E-state index contributed by atoms with van der Waals surface area (Å²) in [6.45, 7) is 0.270. The molecule has 2 aromatic rings. The van der Waals surface area contributed by atoms with E-state index in [-0.39, 0.29) is 16.3 Å². The van der Waals surface area contributed by atoms with Crippen molar-refractivity contribution in [2.75, 3.05) is 12.8 Å². The fraction of sp³-hybridized carbons (Fsp3) is 0.231. The van der Waals surface area contributed by atoms with Crippen molar-refractivity contribution in [2.45, 2.75) is 16.2 Å². The van der Waals surface area contributed by atoms with Crippen LogP contribution in [0.3, 0.4) is 0 Å². The minimum Gasteiger partial charge on any atom is -0.224 e. The first-order valence-electron chi connectivity index (χ1n) is 6.11. The van der Waals surface area contributed by atoms with Crippen LogP contribution in [-0.4, -0.2) is 29.6 Å². The molecular formula is C13H15NO4S3. The van der Waals surface area contributed by atoms with E-state index in [9.17, 15) is 16.8 Å². The third kappa shape index (κ3) is 4.37. The zero-order valence-corrected chi connectivity index (χ0v) is 13.8. The van der Waals surface area contributed by atoms with Gasteiger partial charge in [-0.15, -0.1) is 11.3 Å². The van der Waals surface area contributed by atoms with Crippen LogP contribution in [0, 0.1) is 0 Å². The third-order valence-corrected chi connectivity index (χ3v) is 6.29. The Morgan fingerprint density at radius 2 is 1.76 bits per heavy atom. The molecule has 114 valence electrons. The molecular weight excluding hydrogens is 330 g/mol. The number of hydrogen-bond acceptors (Lipinski definition) is 5. The predicted octanol–water partition coefficient (Wildman–Crippen LogP) is 1.67. The molecule has 5 nitrogen and oxygen atoms in total. The molecule has 1 aromatic heterocycles. The van der Waals surface area contributed by atoms with E-state index in [1.54, 1.807) is 11.3 Å². The number of sulfonamides is 1. The summed E-state index contributed by atoms with van der Waals surface area (Å²) >= 11 is 1.56. The topological polar surface area (TPSA) is 80.3 Å². The summed E-state index contributed by atoms with van der Waals surface area (Å²) in [5, 5.41) is 1.93. The molecule has 0 spiro atoms. The maximum Gasteiger partial charge on any atom is 0.240 e. The molecule has 8 heteroatoms. The van der Waals surface area contributed by atoms with E-state index in [0.717, 1.165) is 11.1 Å². The minimum absolute atomic E-state index is 0.0105. The molecule has 21 heavy (non-hydrogen) atoms. The van der Waals surface area contributed by atoms with Gasteiger partial charge in [-0.25, -0.2) is 21.6 Å². The molecule has 0 aliphatic rings. The van der Waals surface area contributed by atoms with E-state index in [1.807, 2.05) is 17.5 Å². The van der Waals surface area contributed by atoms with Crippen LogP contribution in [-0.2, 0) is 26.3 Å². The van der Waals surface area contributed by atoms with E-state index in [4.69, 9.17) is 0 Å². The molecule has 0 aliphatic carbocycles. The summed E-state index contributed by atoms with van der Waals surface area (Å²) < 4.78 is 49.7. The zero-order chi connectivity index (χ0) is 15.5. The van der Waals surface area contributed by atoms with E-state index in [0.29, 0.717) is 6.42 Å². The van der Waals surface area contributed by atoms with Crippen molar-refractivity contribution in [1.82, 2.24) is 4.72 Å². The number of hydrogen-bond donors (Lipinski definition) is 1. The summed E-state index contributed by atoms with van der Waals surface area (Å²) in [5.41, 5.74) is 0. The molecule has 1 heterocycles. The average molecular weight is 345 g/mol. The van der Waals surface area contributed by atoms with Gasteiger partial charge in [-0.3, -0.25) is 0 Å². The maximum absolute atomic E-state index is 12.1. The van der Waals surface area contributed by atoms with E-state index < -0.39 is 19.9 Å². The molecule has 0 unspecified atom stereocenters. The van der Waals surface area contributed by atoms with Crippen molar-refractivity contribution >= 4 is 31.2 Å². The number of benzene rings is 1. The summed E-state index contributed by atoms with van der Waals surface area (Å²) in [6.07, 6.45) is 1.64. The Hall–Kier alpha value is -1.22. The Morgan fingerprint density at radius 3 is 2.38 bits per heavy atom. The molecule has 0 saturated heterocycles. The van der Waals surface area contributed by atoms with Crippen LogP contribution in [0.5, 0.6) is 0 Å². The highest BCUT2D eigenvalue weighted by atomic mass is 32.2. The fourth-order valence-electron chi connectivity index (χ4n) is 1.72. The molecule has 2 rings (SSSR count). The van der Waals surface area contributed by atoms with Crippen molar-refractivity contribution in [3.8, 4) is 0 Å². The lowest BCUT2D eigenvalue weighted by Gasteiger charge is -2.07. The molecule has 0 saturated carbocycles. The minimum atomic E-state index is -3.71. The third-order valence-electron chi connectivity index (χ3n) is 2.79. The van der Waals surface area contributed by atoms with Crippen LogP contribution in [0.25, 0.3) is 0 Å². The van der Waals surface area contributed by atoms with Gasteiger partial charge in [0.05, 0.1) is 9.79 Å². The summed E-state index contributed by atoms with van der Waals surface area (Å²) in [4.78, 5) is 1.03. The highest BCUT2D eigenvalue weighted by molar-refractivity contribution is 7.91. The van der Waals surface area contributed by atoms with Gasteiger partial charge >= 0.3 is 0 Å². The Morgan fingerprint density at radius 1 is 1.05 bits per heavy atom. The second-order valence-corrected chi connectivity index (χ2v) is 9.29. The summed E-state index contributed by atoms with van der Waals surface area (Å²) in [5.74, 6) is 0. The highest BCUT2D eigenvalue weighted by Crippen LogP contribution is 2.16. The van der Waals surface area contributed by atoms with Crippen LogP contribution in [0.15, 0.2) is 51.6 Å². The van der Waals surface area contributed by atoms with Crippen LogP contribution in [0.2, 0.25) is 0 Å². The number of sulfone groups is 1. The molecule has 0 atom stereocenters. The largest absolute Gasteiger partial charge is 0.240 e. The van der Waals surface area contributed by atoms with Crippen LogP contribution in [0.1, 0.15) is 4.88 Å². The normalized spacial score (nSPS) is 12.4. The molecule has 1 N–H and O–H groups in total. The van der Waals surface area contributed by atoms with Crippen molar-refractivity contribution in [3.63, 3.8) is 0 Å². The van der Waals surface area contributed by atoms with Gasteiger partial charge in [0, 0.05) is 17.7 Å². The number of nitrogens with one attached hydrogen (secondary N) is 1. The second-order valence-electron chi connectivity index (χ2n) is 4.47. The van der Waals surface area contributed by atoms with E-state index >= 15 is 0 Å². The molecule has 0 radical (unpaired) electrons. The van der Waals surface area contributed by atoms with Gasteiger partial charge < -0.3 is 0 Å². The lowest BCUT2D eigenvalue weighted by atomic mass is 10.3. The second kappa shape index (κ2) is 6.27. The first-order chi connectivity index (χ1) is 9.79. The van der Waals surface area contributed by atoms with E-state index in [1.165, 1.54) is 24.3 Å². The SMILES string of the molecule is CS(=O)(=O)c1cccc(S(=O)(=O)NCCc2cccs2)c1. The van der Waals surface area contributed by atoms with Crippen molar-refractivity contribution in [1.29, 1.82) is 0 Å².